The molecule has 20 heavy (non-hydrogen) atoms. The van der Waals surface area contributed by atoms with Crippen molar-refractivity contribution in [2.24, 2.45) is 0 Å². The number of hydrogen-bond donors (Lipinski definition) is 1. The Hall–Kier alpha value is -2.07. The number of amides is 1. The first-order chi connectivity index (χ1) is 9.65. The number of benzene rings is 1. The number of halogens is 1. The van der Waals surface area contributed by atoms with Crippen LogP contribution >= 0.6 is 11.6 Å². The Morgan fingerprint density at radius 1 is 1.35 bits per heavy atom. The number of nitrogens with one attached hydrogen (secondary N) is 1. The Morgan fingerprint density at radius 2 is 2.20 bits per heavy atom. The van der Waals surface area contributed by atoms with Gasteiger partial charge < -0.3 is 10.1 Å². The number of ether oxygens (including phenoxy) is 1. The lowest BCUT2D eigenvalue weighted by atomic mass is 10.2. The number of hydrogen-bond acceptors (Lipinski definition) is 3. The number of rotatable bonds is 5. The van der Waals surface area contributed by atoms with Crippen molar-refractivity contribution < 1.29 is 9.53 Å². The van der Waals surface area contributed by atoms with E-state index in [1.807, 2.05) is 25.1 Å². The molecule has 4 nitrogen and oxygen atoms in total. The molecule has 104 valence electrons. The zero-order valence-corrected chi connectivity index (χ0v) is 11.9. The maximum absolute atomic E-state index is 11.7. The molecule has 0 aliphatic carbocycles. The summed E-state index contributed by atoms with van der Waals surface area (Å²) < 4.78 is 5.45. The highest BCUT2D eigenvalue weighted by Crippen LogP contribution is 2.21. The van der Waals surface area contributed by atoms with Gasteiger partial charge in [-0.25, -0.2) is 0 Å². The highest BCUT2D eigenvalue weighted by atomic mass is 35.5. The lowest BCUT2D eigenvalue weighted by Gasteiger charge is -2.09. The Bertz CT molecular complexity index is 588. The minimum absolute atomic E-state index is 0.0324. The van der Waals surface area contributed by atoms with Crippen molar-refractivity contribution in [2.45, 2.75) is 13.5 Å². The number of aryl methyl sites for hydroxylation is 1. The number of aromatic nitrogens is 1. The molecule has 0 radical (unpaired) electrons. The van der Waals surface area contributed by atoms with Gasteiger partial charge in [0.1, 0.15) is 5.75 Å². The minimum atomic E-state index is -0.190. The highest BCUT2D eigenvalue weighted by Gasteiger charge is 2.05. The number of pyridine rings is 1. The third-order valence-corrected chi connectivity index (χ3v) is 2.92. The van der Waals surface area contributed by atoms with E-state index in [0.29, 0.717) is 17.3 Å². The van der Waals surface area contributed by atoms with Gasteiger partial charge in [0.15, 0.2) is 6.61 Å². The van der Waals surface area contributed by atoms with Gasteiger partial charge in [-0.3, -0.25) is 9.78 Å². The van der Waals surface area contributed by atoms with Crippen LogP contribution in [-0.4, -0.2) is 17.5 Å². The lowest BCUT2D eigenvalue weighted by Crippen LogP contribution is -2.28. The molecule has 0 spiro atoms. The topological polar surface area (TPSA) is 51.2 Å². The van der Waals surface area contributed by atoms with Crippen molar-refractivity contribution in [3.63, 3.8) is 0 Å². The molecule has 1 N–H and O–H groups in total. The molecular formula is C15H15ClN2O2. The molecule has 0 unspecified atom stereocenters. The molecule has 1 aromatic heterocycles. The van der Waals surface area contributed by atoms with E-state index in [9.17, 15) is 4.79 Å². The standard InChI is InChI=1S/C15H15ClN2O2/c1-11-8-12(16)5-6-14(11)20-10-15(19)18-9-13-4-2-3-7-17-13/h2-8H,9-10H2,1H3,(H,18,19). The van der Waals surface area contributed by atoms with Crippen molar-refractivity contribution in [3.05, 3.63) is 58.9 Å². The van der Waals surface area contributed by atoms with Gasteiger partial charge in [-0.15, -0.1) is 0 Å². The van der Waals surface area contributed by atoms with Gasteiger partial charge in [0.05, 0.1) is 12.2 Å². The average molecular weight is 291 g/mol. The van der Waals surface area contributed by atoms with Crippen LogP contribution in [0.3, 0.4) is 0 Å². The van der Waals surface area contributed by atoms with E-state index in [1.165, 1.54) is 0 Å². The average Bonchev–Trinajstić information content (AvgIpc) is 2.45. The lowest BCUT2D eigenvalue weighted by molar-refractivity contribution is -0.123. The fraction of sp³-hybridized carbons (Fsp3) is 0.200. The second-order valence-electron chi connectivity index (χ2n) is 4.30. The zero-order valence-electron chi connectivity index (χ0n) is 11.1. The quantitative estimate of drug-likeness (QED) is 0.921. The van der Waals surface area contributed by atoms with Crippen molar-refractivity contribution in [3.8, 4) is 5.75 Å². The van der Waals surface area contributed by atoms with Gasteiger partial charge in [-0.1, -0.05) is 17.7 Å². The molecule has 0 saturated heterocycles. The summed E-state index contributed by atoms with van der Waals surface area (Å²) in [6.45, 7) is 2.24. The first-order valence-electron chi connectivity index (χ1n) is 6.21. The molecule has 0 aliphatic heterocycles. The number of carbonyl (C=O) groups is 1. The molecule has 0 fully saturated rings. The molecule has 1 aromatic carbocycles. The monoisotopic (exact) mass is 290 g/mol. The van der Waals surface area contributed by atoms with E-state index in [-0.39, 0.29) is 12.5 Å². The van der Waals surface area contributed by atoms with Crippen molar-refractivity contribution in [1.82, 2.24) is 10.3 Å². The van der Waals surface area contributed by atoms with Crippen LogP contribution < -0.4 is 10.1 Å². The predicted molar refractivity (Wildman–Crippen MR) is 77.8 cm³/mol. The van der Waals surface area contributed by atoms with Crippen LogP contribution in [0.5, 0.6) is 5.75 Å². The second-order valence-corrected chi connectivity index (χ2v) is 4.73. The molecule has 0 saturated carbocycles. The fourth-order valence-corrected chi connectivity index (χ4v) is 1.89. The molecule has 1 heterocycles. The Labute approximate surface area is 122 Å². The Kier molecular flexibility index (Phi) is 4.96. The number of carbonyl (C=O) groups excluding carboxylic acids is 1. The van der Waals surface area contributed by atoms with E-state index < -0.39 is 0 Å². The van der Waals surface area contributed by atoms with E-state index in [0.717, 1.165) is 11.3 Å². The molecule has 0 bridgehead atoms. The van der Waals surface area contributed by atoms with Gasteiger partial charge in [0.2, 0.25) is 0 Å². The van der Waals surface area contributed by atoms with Gasteiger partial charge >= 0.3 is 0 Å². The van der Waals surface area contributed by atoms with Gasteiger partial charge in [-0.2, -0.15) is 0 Å². The highest BCUT2D eigenvalue weighted by molar-refractivity contribution is 6.30. The van der Waals surface area contributed by atoms with Crippen molar-refractivity contribution in [2.75, 3.05) is 6.61 Å². The van der Waals surface area contributed by atoms with Crippen LogP contribution in [0.15, 0.2) is 42.6 Å². The van der Waals surface area contributed by atoms with Crippen LogP contribution in [0, 0.1) is 6.92 Å². The van der Waals surface area contributed by atoms with Crippen LogP contribution in [0.1, 0.15) is 11.3 Å². The minimum Gasteiger partial charge on any atom is -0.484 e. The summed E-state index contributed by atoms with van der Waals surface area (Å²) in [6.07, 6.45) is 1.69. The summed E-state index contributed by atoms with van der Waals surface area (Å²) in [7, 11) is 0. The zero-order chi connectivity index (χ0) is 14.4. The normalized spacial score (nSPS) is 10.1. The van der Waals surface area contributed by atoms with Crippen LogP contribution in [0.4, 0.5) is 0 Å². The summed E-state index contributed by atoms with van der Waals surface area (Å²) in [5.74, 6) is 0.465. The van der Waals surface area contributed by atoms with Gasteiger partial charge in [0, 0.05) is 11.2 Å². The summed E-state index contributed by atoms with van der Waals surface area (Å²) in [6, 6.07) is 10.8. The van der Waals surface area contributed by atoms with Crippen molar-refractivity contribution >= 4 is 17.5 Å². The van der Waals surface area contributed by atoms with Gasteiger partial charge in [0.25, 0.3) is 5.91 Å². The van der Waals surface area contributed by atoms with Crippen LogP contribution in [-0.2, 0) is 11.3 Å². The van der Waals surface area contributed by atoms with Crippen LogP contribution in [0.2, 0.25) is 5.02 Å². The molecular weight excluding hydrogens is 276 g/mol. The number of nitrogens with zero attached hydrogens (tertiary/aromatic N) is 1. The van der Waals surface area contributed by atoms with Gasteiger partial charge in [-0.05, 0) is 42.8 Å². The Morgan fingerprint density at radius 3 is 2.90 bits per heavy atom. The predicted octanol–water partition coefficient (Wildman–Crippen LogP) is 2.74. The van der Waals surface area contributed by atoms with Crippen molar-refractivity contribution in [1.29, 1.82) is 0 Å². The van der Waals surface area contributed by atoms with E-state index in [1.54, 1.807) is 24.4 Å². The summed E-state index contributed by atoms with van der Waals surface area (Å²) >= 11 is 5.86. The molecule has 2 rings (SSSR count). The third kappa shape index (κ3) is 4.24. The largest absolute Gasteiger partial charge is 0.484 e. The summed E-state index contributed by atoms with van der Waals surface area (Å²) in [4.78, 5) is 15.8. The maximum Gasteiger partial charge on any atom is 0.258 e. The van der Waals surface area contributed by atoms with E-state index in [4.69, 9.17) is 16.3 Å². The van der Waals surface area contributed by atoms with E-state index >= 15 is 0 Å². The molecule has 1 amide bonds. The second kappa shape index (κ2) is 6.91. The maximum atomic E-state index is 11.7. The fourth-order valence-electron chi connectivity index (χ4n) is 1.66. The van der Waals surface area contributed by atoms with Crippen LogP contribution in [0.25, 0.3) is 0 Å². The first kappa shape index (κ1) is 14.3. The molecule has 2 aromatic rings. The summed E-state index contributed by atoms with van der Waals surface area (Å²) in [5, 5.41) is 3.40. The van der Waals surface area contributed by atoms with E-state index in [2.05, 4.69) is 10.3 Å². The molecule has 0 atom stereocenters. The molecule has 5 heteroatoms. The summed E-state index contributed by atoms with van der Waals surface area (Å²) in [5.41, 5.74) is 1.71. The third-order valence-electron chi connectivity index (χ3n) is 2.69. The molecule has 0 aliphatic rings. The first-order valence-corrected chi connectivity index (χ1v) is 6.58. The SMILES string of the molecule is Cc1cc(Cl)ccc1OCC(=O)NCc1ccccn1. The Balaban J connectivity index is 1.80. The smallest absolute Gasteiger partial charge is 0.258 e.